The molecule has 0 spiro atoms. The van der Waals surface area contributed by atoms with Crippen LogP contribution in [0.4, 0.5) is 5.69 Å². The first-order chi connectivity index (χ1) is 10.2. The molecule has 1 fully saturated rings. The van der Waals surface area contributed by atoms with Crippen molar-refractivity contribution in [2.75, 3.05) is 25.0 Å². The van der Waals surface area contributed by atoms with Gasteiger partial charge in [0.25, 0.3) is 11.1 Å². The van der Waals surface area contributed by atoms with Gasteiger partial charge in [0.05, 0.1) is 10.8 Å². The van der Waals surface area contributed by atoms with Crippen molar-refractivity contribution in [2.24, 2.45) is 0 Å². The normalized spacial score (nSPS) is 17.2. The standard InChI is InChI=1S/C15H20N4O2/c1-2-19-8-6-10(7-9-19)16-12-5-3-4-11-13(12)15(21)18-17-14(11)20/h3-5,10,16H,2,6-9H2,1H3,(H,17,20)(H,18,21). The van der Waals surface area contributed by atoms with Crippen LogP contribution in [0, 0.1) is 0 Å². The lowest BCUT2D eigenvalue weighted by molar-refractivity contribution is 0.229. The van der Waals surface area contributed by atoms with Gasteiger partial charge in [-0.25, -0.2) is 0 Å². The number of aromatic nitrogens is 2. The van der Waals surface area contributed by atoms with Gasteiger partial charge in [-0.1, -0.05) is 13.0 Å². The van der Waals surface area contributed by atoms with Gasteiger partial charge in [0, 0.05) is 24.8 Å². The van der Waals surface area contributed by atoms with E-state index in [1.165, 1.54) is 0 Å². The minimum atomic E-state index is -0.269. The molecule has 1 aliphatic heterocycles. The Morgan fingerprint density at radius 2 is 1.90 bits per heavy atom. The van der Waals surface area contributed by atoms with E-state index in [-0.39, 0.29) is 11.1 Å². The molecule has 3 rings (SSSR count). The number of hydrogen-bond donors (Lipinski definition) is 3. The van der Waals surface area contributed by atoms with Gasteiger partial charge in [-0.2, -0.15) is 0 Å². The van der Waals surface area contributed by atoms with Gasteiger partial charge in [0.15, 0.2) is 0 Å². The molecule has 0 amide bonds. The van der Waals surface area contributed by atoms with Crippen LogP contribution in [0.5, 0.6) is 0 Å². The quantitative estimate of drug-likeness (QED) is 0.790. The van der Waals surface area contributed by atoms with Gasteiger partial charge in [-0.05, 0) is 31.5 Å². The third kappa shape index (κ3) is 2.71. The molecule has 1 aromatic carbocycles. The smallest absolute Gasteiger partial charge is 0.272 e. The van der Waals surface area contributed by atoms with Crippen LogP contribution in [-0.4, -0.2) is 40.8 Å². The molecule has 6 nitrogen and oxygen atoms in total. The molecule has 3 N–H and O–H groups in total. The van der Waals surface area contributed by atoms with Gasteiger partial charge in [0.2, 0.25) is 0 Å². The Morgan fingerprint density at radius 1 is 1.19 bits per heavy atom. The SMILES string of the molecule is CCN1CCC(Nc2cccc3c(=O)[nH][nH]c(=O)c23)CC1. The summed E-state index contributed by atoms with van der Waals surface area (Å²) < 4.78 is 0. The van der Waals surface area contributed by atoms with Crippen LogP contribution in [0.3, 0.4) is 0 Å². The summed E-state index contributed by atoms with van der Waals surface area (Å²) in [5, 5.41) is 9.06. The van der Waals surface area contributed by atoms with Crippen molar-refractivity contribution < 1.29 is 0 Å². The first kappa shape index (κ1) is 13.9. The number of hydrogen-bond acceptors (Lipinski definition) is 4. The Bertz CT molecular complexity index is 741. The number of H-pyrrole nitrogens is 2. The van der Waals surface area contributed by atoms with Crippen LogP contribution in [0.15, 0.2) is 27.8 Å². The number of nitrogens with zero attached hydrogens (tertiary/aromatic N) is 1. The second kappa shape index (κ2) is 5.73. The second-order valence-electron chi connectivity index (χ2n) is 5.49. The number of piperidine rings is 1. The third-order valence-electron chi connectivity index (χ3n) is 4.22. The molecular weight excluding hydrogens is 268 g/mol. The van der Waals surface area contributed by atoms with Crippen molar-refractivity contribution in [3.63, 3.8) is 0 Å². The zero-order valence-corrected chi connectivity index (χ0v) is 12.1. The van der Waals surface area contributed by atoms with Crippen molar-refractivity contribution >= 4 is 16.5 Å². The Morgan fingerprint density at radius 3 is 2.62 bits per heavy atom. The van der Waals surface area contributed by atoms with Crippen molar-refractivity contribution in [1.82, 2.24) is 15.1 Å². The van der Waals surface area contributed by atoms with Gasteiger partial charge in [-0.15, -0.1) is 0 Å². The number of aromatic amines is 2. The molecule has 2 heterocycles. The molecule has 1 aliphatic rings. The summed E-state index contributed by atoms with van der Waals surface area (Å²) in [5.41, 5.74) is 0.211. The number of nitrogens with one attached hydrogen (secondary N) is 3. The van der Waals surface area contributed by atoms with E-state index in [0.29, 0.717) is 16.8 Å². The first-order valence-corrected chi connectivity index (χ1v) is 7.41. The highest BCUT2D eigenvalue weighted by Crippen LogP contribution is 2.21. The summed E-state index contributed by atoms with van der Waals surface area (Å²) in [6.45, 7) is 5.38. The van der Waals surface area contributed by atoms with E-state index in [1.54, 1.807) is 12.1 Å². The highest BCUT2D eigenvalue weighted by atomic mass is 16.1. The largest absolute Gasteiger partial charge is 0.382 e. The lowest BCUT2D eigenvalue weighted by Gasteiger charge is -2.32. The zero-order chi connectivity index (χ0) is 14.8. The molecule has 0 atom stereocenters. The van der Waals surface area contributed by atoms with Gasteiger partial charge in [0.1, 0.15) is 0 Å². The zero-order valence-electron chi connectivity index (χ0n) is 12.1. The molecule has 0 radical (unpaired) electrons. The van der Waals surface area contributed by atoms with Crippen molar-refractivity contribution in [2.45, 2.75) is 25.8 Å². The molecular formula is C15H20N4O2. The predicted molar refractivity (Wildman–Crippen MR) is 83.9 cm³/mol. The summed E-state index contributed by atoms with van der Waals surface area (Å²) in [6, 6.07) is 5.69. The fourth-order valence-electron chi connectivity index (χ4n) is 2.96. The molecule has 1 aromatic heterocycles. The summed E-state index contributed by atoms with van der Waals surface area (Å²) in [6.07, 6.45) is 2.09. The highest BCUT2D eigenvalue weighted by Gasteiger charge is 2.19. The van der Waals surface area contributed by atoms with Crippen LogP contribution in [0.25, 0.3) is 10.8 Å². The van der Waals surface area contributed by atoms with Gasteiger partial charge >= 0.3 is 0 Å². The molecule has 112 valence electrons. The molecule has 0 saturated carbocycles. The van der Waals surface area contributed by atoms with Crippen molar-refractivity contribution in [1.29, 1.82) is 0 Å². The van der Waals surface area contributed by atoms with E-state index in [9.17, 15) is 9.59 Å². The van der Waals surface area contributed by atoms with E-state index in [0.717, 1.165) is 38.2 Å². The van der Waals surface area contributed by atoms with E-state index in [2.05, 4.69) is 27.3 Å². The molecule has 1 saturated heterocycles. The van der Waals surface area contributed by atoms with Crippen molar-refractivity contribution in [3.05, 3.63) is 38.9 Å². The lowest BCUT2D eigenvalue weighted by Crippen LogP contribution is -2.39. The average Bonchev–Trinajstić information content (AvgIpc) is 2.52. The minimum absolute atomic E-state index is 0.265. The van der Waals surface area contributed by atoms with Crippen LogP contribution < -0.4 is 16.4 Å². The minimum Gasteiger partial charge on any atom is -0.382 e. The molecule has 0 bridgehead atoms. The van der Waals surface area contributed by atoms with Gasteiger partial charge < -0.3 is 10.2 Å². The van der Waals surface area contributed by atoms with E-state index in [4.69, 9.17) is 0 Å². The number of likely N-dealkylation sites (tertiary alicyclic amines) is 1. The maximum atomic E-state index is 12.0. The third-order valence-corrected chi connectivity index (χ3v) is 4.22. The van der Waals surface area contributed by atoms with E-state index >= 15 is 0 Å². The monoisotopic (exact) mass is 288 g/mol. The molecule has 0 unspecified atom stereocenters. The second-order valence-corrected chi connectivity index (χ2v) is 5.49. The van der Waals surface area contributed by atoms with Crippen LogP contribution in [-0.2, 0) is 0 Å². The predicted octanol–water partition coefficient (Wildman–Crippen LogP) is 1.11. The fraction of sp³-hybridized carbons (Fsp3) is 0.467. The van der Waals surface area contributed by atoms with Crippen molar-refractivity contribution in [3.8, 4) is 0 Å². The Balaban J connectivity index is 1.90. The van der Waals surface area contributed by atoms with Crippen LogP contribution >= 0.6 is 0 Å². The summed E-state index contributed by atoms with van der Waals surface area (Å²) in [5.74, 6) is 0. The summed E-state index contributed by atoms with van der Waals surface area (Å²) >= 11 is 0. The number of anilines is 1. The van der Waals surface area contributed by atoms with Gasteiger partial charge in [-0.3, -0.25) is 19.8 Å². The van der Waals surface area contributed by atoms with E-state index < -0.39 is 0 Å². The Kier molecular flexibility index (Phi) is 3.79. The Hall–Kier alpha value is -2.08. The van der Waals surface area contributed by atoms with Crippen LogP contribution in [0.2, 0.25) is 0 Å². The summed E-state index contributed by atoms with van der Waals surface area (Å²) in [4.78, 5) is 26.2. The number of benzene rings is 1. The van der Waals surface area contributed by atoms with E-state index in [1.807, 2.05) is 6.07 Å². The lowest BCUT2D eigenvalue weighted by atomic mass is 10.0. The Labute approximate surface area is 122 Å². The molecule has 2 aromatic rings. The molecule has 0 aliphatic carbocycles. The molecule has 6 heteroatoms. The average molecular weight is 288 g/mol. The fourth-order valence-corrected chi connectivity index (χ4v) is 2.96. The number of rotatable bonds is 3. The highest BCUT2D eigenvalue weighted by molar-refractivity contribution is 5.92. The maximum Gasteiger partial charge on any atom is 0.272 e. The summed E-state index contributed by atoms with van der Waals surface area (Å²) in [7, 11) is 0. The first-order valence-electron chi connectivity index (χ1n) is 7.41. The van der Waals surface area contributed by atoms with Crippen LogP contribution in [0.1, 0.15) is 19.8 Å². The topological polar surface area (TPSA) is 81.0 Å². The maximum absolute atomic E-state index is 12.0. The number of fused-ring (bicyclic) bond motifs is 1. The molecule has 21 heavy (non-hydrogen) atoms.